The van der Waals surface area contributed by atoms with Gasteiger partial charge < -0.3 is 10.4 Å². The topological polar surface area (TPSA) is 86.7 Å². The number of nitrogens with one attached hydrogen (secondary N) is 1. The van der Waals surface area contributed by atoms with Gasteiger partial charge in [0, 0.05) is 37.7 Å². The van der Waals surface area contributed by atoms with Crippen molar-refractivity contribution in [3.05, 3.63) is 35.6 Å². The Morgan fingerprint density at radius 3 is 2.82 bits per heavy atom. The van der Waals surface area contributed by atoms with Crippen molar-refractivity contribution in [2.45, 2.75) is 5.75 Å². The SMILES string of the molecule is O=C(O)[C@]12CNC[C@H]1CN(S(=O)(=O)Cc1ccccc1F)C2. The van der Waals surface area contributed by atoms with Crippen molar-refractivity contribution < 1.29 is 22.7 Å². The molecule has 1 aromatic carbocycles. The highest BCUT2D eigenvalue weighted by Crippen LogP contribution is 2.40. The van der Waals surface area contributed by atoms with Crippen LogP contribution >= 0.6 is 0 Å². The molecule has 0 aromatic heterocycles. The zero-order valence-electron chi connectivity index (χ0n) is 11.8. The van der Waals surface area contributed by atoms with E-state index in [1.165, 1.54) is 22.5 Å². The number of hydrogen-bond acceptors (Lipinski definition) is 4. The number of hydrogen-bond donors (Lipinski definition) is 2. The first-order valence-electron chi connectivity index (χ1n) is 7.00. The van der Waals surface area contributed by atoms with Gasteiger partial charge in [-0.3, -0.25) is 4.79 Å². The molecular weight excluding hydrogens is 311 g/mol. The summed E-state index contributed by atoms with van der Waals surface area (Å²) >= 11 is 0. The van der Waals surface area contributed by atoms with Gasteiger partial charge in [-0.05, 0) is 6.07 Å². The molecule has 2 heterocycles. The predicted octanol–water partition coefficient (Wildman–Crippen LogP) is 0.262. The molecule has 8 heteroatoms. The lowest BCUT2D eigenvalue weighted by atomic mass is 9.81. The van der Waals surface area contributed by atoms with Crippen molar-refractivity contribution >= 4 is 16.0 Å². The van der Waals surface area contributed by atoms with E-state index in [4.69, 9.17) is 0 Å². The van der Waals surface area contributed by atoms with Crippen LogP contribution in [0.5, 0.6) is 0 Å². The maximum atomic E-state index is 13.7. The molecule has 1 aromatic rings. The first kappa shape index (κ1) is 15.4. The van der Waals surface area contributed by atoms with E-state index in [1.54, 1.807) is 6.07 Å². The highest BCUT2D eigenvalue weighted by molar-refractivity contribution is 7.88. The smallest absolute Gasteiger partial charge is 0.312 e. The standard InChI is InChI=1S/C14H17FN2O4S/c15-12-4-2-1-3-10(12)7-22(20,21)17-6-11-5-16-8-14(11,9-17)13(18)19/h1-4,11,16H,5-9H2,(H,18,19)/t11-,14-/m0/s1. The average Bonchev–Trinajstić information content (AvgIpc) is 2.99. The summed E-state index contributed by atoms with van der Waals surface area (Å²) in [5.74, 6) is -2.25. The van der Waals surface area contributed by atoms with Crippen LogP contribution in [0.4, 0.5) is 4.39 Å². The molecule has 2 fully saturated rings. The second-order valence-electron chi connectivity index (χ2n) is 5.93. The average molecular weight is 328 g/mol. The van der Waals surface area contributed by atoms with E-state index < -0.39 is 33.0 Å². The molecule has 0 saturated carbocycles. The summed E-state index contributed by atoms with van der Waals surface area (Å²) in [7, 11) is -3.75. The predicted molar refractivity (Wildman–Crippen MR) is 77.0 cm³/mol. The Morgan fingerprint density at radius 1 is 1.45 bits per heavy atom. The number of halogens is 1. The molecule has 0 amide bonds. The molecule has 22 heavy (non-hydrogen) atoms. The molecule has 0 spiro atoms. The van der Waals surface area contributed by atoms with Gasteiger partial charge in [-0.1, -0.05) is 18.2 Å². The molecule has 3 rings (SSSR count). The molecule has 2 aliphatic rings. The Hall–Kier alpha value is -1.51. The molecule has 2 N–H and O–H groups in total. The van der Waals surface area contributed by atoms with Gasteiger partial charge in [-0.25, -0.2) is 17.1 Å². The first-order valence-corrected chi connectivity index (χ1v) is 8.61. The highest BCUT2D eigenvalue weighted by atomic mass is 32.2. The van der Waals surface area contributed by atoms with E-state index in [9.17, 15) is 22.7 Å². The second-order valence-corrected chi connectivity index (χ2v) is 7.90. The number of rotatable bonds is 4. The van der Waals surface area contributed by atoms with Gasteiger partial charge in [0.25, 0.3) is 0 Å². The second kappa shape index (κ2) is 5.29. The van der Waals surface area contributed by atoms with Crippen LogP contribution in [0.1, 0.15) is 5.56 Å². The quantitative estimate of drug-likeness (QED) is 0.828. The lowest BCUT2D eigenvalue weighted by molar-refractivity contribution is -0.148. The Morgan fingerprint density at radius 2 is 2.18 bits per heavy atom. The number of carboxylic acid groups (broad SMARTS) is 1. The van der Waals surface area contributed by atoms with Gasteiger partial charge in [0.15, 0.2) is 0 Å². The Bertz CT molecular complexity index is 709. The van der Waals surface area contributed by atoms with Crippen molar-refractivity contribution in [3.8, 4) is 0 Å². The minimum atomic E-state index is -3.75. The third kappa shape index (κ3) is 2.41. The number of carbonyl (C=O) groups is 1. The number of aliphatic carboxylic acids is 1. The van der Waals surface area contributed by atoms with E-state index in [0.29, 0.717) is 6.54 Å². The van der Waals surface area contributed by atoms with Gasteiger partial charge in [0.05, 0.1) is 11.2 Å². The fraction of sp³-hybridized carbons (Fsp3) is 0.500. The molecule has 6 nitrogen and oxygen atoms in total. The van der Waals surface area contributed by atoms with Crippen LogP contribution in [0.15, 0.2) is 24.3 Å². The zero-order valence-corrected chi connectivity index (χ0v) is 12.6. The van der Waals surface area contributed by atoms with E-state index >= 15 is 0 Å². The summed E-state index contributed by atoms with van der Waals surface area (Å²) in [5.41, 5.74) is -0.968. The summed E-state index contributed by atoms with van der Waals surface area (Å²) in [6.07, 6.45) is 0. The molecule has 0 radical (unpaired) electrons. The minimum Gasteiger partial charge on any atom is -0.481 e. The maximum Gasteiger partial charge on any atom is 0.312 e. The minimum absolute atomic E-state index is 0.0587. The largest absolute Gasteiger partial charge is 0.481 e. The van der Waals surface area contributed by atoms with Gasteiger partial charge >= 0.3 is 5.97 Å². The van der Waals surface area contributed by atoms with E-state index in [0.717, 1.165) is 0 Å². The molecular formula is C14H17FN2O4S. The normalized spacial score (nSPS) is 28.7. The third-order valence-corrected chi connectivity index (χ3v) is 6.35. The molecule has 0 unspecified atom stereocenters. The van der Waals surface area contributed by atoms with Crippen LogP contribution in [-0.4, -0.2) is 50.0 Å². The number of carboxylic acids is 1. The fourth-order valence-corrected chi connectivity index (χ4v) is 4.94. The lowest BCUT2D eigenvalue weighted by Crippen LogP contribution is -2.41. The van der Waals surface area contributed by atoms with Crippen molar-refractivity contribution in [3.63, 3.8) is 0 Å². The Kier molecular flexibility index (Phi) is 3.70. The maximum absolute atomic E-state index is 13.7. The number of benzene rings is 1. The fourth-order valence-electron chi connectivity index (χ4n) is 3.29. The van der Waals surface area contributed by atoms with Crippen LogP contribution in [0.3, 0.4) is 0 Å². The molecule has 2 saturated heterocycles. The molecule has 0 aliphatic carbocycles. The van der Waals surface area contributed by atoms with Crippen LogP contribution in [-0.2, 0) is 20.6 Å². The van der Waals surface area contributed by atoms with E-state index in [2.05, 4.69) is 5.32 Å². The first-order chi connectivity index (χ1) is 10.3. The molecule has 2 atom stereocenters. The van der Waals surface area contributed by atoms with Crippen LogP contribution < -0.4 is 5.32 Å². The van der Waals surface area contributed by atoms with Crippen LogP contribution in [0, 0.1) is 17.2 Å². The van der Waals surface area contributed by atoms with Crippen LogP contribution in [0.25, 0.3) is 0 Å². The van der Waals surface area contributed by atoms with E-state index in [1.807, 2.05) is 0 Å². The van der Waals surface area contributed by atoms with Gasteiger partial charge in [-0.15, -0.1) is 0 Å². The van der Waals surface area contributed by atoms with Crippen molar-refractivity contribution in [1.29, 1.82) is 0 Å². The van der Waals surface area contributed by atoms with Gasteiger partial charge in [0.1, 0.15) is 5.82 Å². The molecule has 2 aliphatic heterocycles. The molecule has 120 valence electrons. The van der Waals surface area contributed by atoms with Crippen molar-refractivity contribution in [2.75, 3.05) is 26.2 Å². The molecule has 0 bridgehead atoms. The Labute approximate surface area is 128 Å². The van der Waals surface area contributed by atoms with Gasteiger partial charge in [-0.2, -0.15) is 0 Å². The van der Waals surface area contributed by atoms with Crippen molar-refractivity contribution in [2.24, 2.45) is 11.3 Å². The zero-order chi connectivity index (χ0) is 16.0. The Balaban J connectivity index is 1.83. The van der Waals surface area contributed by atoms with Crippen molar-refractivity contribution in [1.82, 2.24) is 9.62 Å². The number of sulfonamides is 1. The summed E-state index contributed by atoms with van der Waals surface area (Å²) in [6, 6.07) is 5.72. The summed E-state index contributed by atoms with van der Waals surface area (Å²) < 4.78 is 39.8. The number of fused-ring (bicyclic) bond motifs is 1. The van der Waals surface area contributed by atoms with Gasteiger partial charge in [0.2, 0.25) is 10.0 Å². The summed E-state index contributed by atoms with van der Waals surface area (Å²) in [5, 5.41) is 12.5. The monoisotopic (exact) mass is 328 g/mol. The summed E-state index contributed by atoms with van der Waals surface area (Å²) in [6.45, 7) is 0.851. The number of nitrogens with zero attached hydrogens (tertiary/aromatic N) is 1. The highest BCUT2D eigenvalue weighted by Gasteiger charge is 2.57. The van der Waals surface area contributed by atoms with Crippen LogP contribution in [0.2, 0.25) is 0 Å². The lowest BCUT2D eigenvalue weighted by Gasteiger charge is -2.22. The third-order valence-electron chi connectivity index (χ3n) is 4.61. The summed E-state index contributed by atoms with van der Waals surface area (Å²) in [4.78, 5) is 11.6. The van der Waals surface area contributed by atoms with E-state index in [-0.39, 0.29) is 31.1 Å².